The lowest BCUT2D eigenvalue weighted by Gasteiger charge is -2.10. The highest BCUT2D eigenvalue weighted by atomic mass is 16.6. The van der Waals surface area contributed by atoms with Gasteiger partial charge in [-0.15, -0.1) is 0 Å². The van der Waals surface area contributed by atoms with Gasteiger partial charge in [-0.25, -0.2) is 0 Å². The number of carbonyl (C=O) groups is 1. The van der Waals surface area contributed by atoms with Crippen LogP contribution in [0.1, 0.15) is 21.5 Å². The maximum absolute atomic E-state index is 12.9. The summed E-state index contributed by atoms with van der Waals surface area (Å²) >= 11 is 0. The Bertz CT molecular complexity index is 1250. The molecule has 4 aromatic rings. The number of anilines is 1. The fourth-order valence-electron chi connectivity index (χ4n) is 3.96. The number of benzene rings is 3. The minimum atomic E-state index is -0.461. The second-order valence-corrected chi connectivity index (χ2v) is 6.76. The summed E-state index contributed by atoms with van der Waals surface area (Å²) in [5.41, 5.74) is 4.40. The van der Waals surface area contributed by atoms with Crippen LogP contribution in [0.4, 0.5) is 11.4 Å². The standard InChI is InChI=1S/C21H15N3O3/c25-21(17-11-22-18-9-7-14(24(26)27)10-16(17)18)23-19-8-6-13-5-4-12-2-1-3-15(19)20(12)13/h1-3,6-11,22H,4-5H2,(H,23,25). The number of carbonyl (C=O) groups excluding carboxylic acids is 1. The zero-order valence-electron chi connectivity index (χ0n) is 14.3. The first-order valence-electron chi connectivity index (χ1n) is 8.72. The molecule has 0 saturated carbocycles. The summed E-state index contributed by atoms with van der Waals surface area (Å²) < 4.78 is 0. The van der Waals surface area contributed by atoms with E-state index in [2.05, 4.69) is 22.4 Å². The van der Waals surface area contributed by atoms with Gasteiger partial charge in [0.25, 0.3) is 11.6 Å². The molecule has 3 aromatic carbocycles. The summed E-state index contributed by atoms with van der Waals surface area (Å²) in [5, 5.41) is 16.8. The third-order valence-electron chi connectivity index (χ3n) is 5.25. The first-order chi connectivity index (χ1) is 13.1. The molecule has 0 saturated heterocycles. The number of nitro groups is 1. The van der Waals surface area contributed by atoms with E-state index < -0.39 is 4.92 Å². The van der Waals surface area contributed by atoms with Gasteiger partial charge in [0.05, 0.1) is 10.5 Å². The van der Waals surface area contributed by atoms with E-state index in [1.807, 2.05) is 18.2 Å². The molecule has 5 rings (SSSR count). The molecule has 1 aromatic heterocycles. The van der Waals surface area contributed by atoms with Gasteiger partial charge in [0.15, 0.2) is 0 Å². The van der Waals surface area contributed by atoms with Crippen LogP contribution in [-0.2, 0) is 12.8 Å². The van der Waals surface area contributed by atoms with Crippen LogP contribution >= 0.6 is 0 Å². The number of aromatic amines is 1. The molecule has 1 heterocycles. The van der Waals surface area contributed by atoms with E-state index in [1.54, 1.807) is 12.3 Å². The van der Waals surface area contributed by atoms with Crippen molar-refractivity contribution in [2.75, 3.05) is 5.32 Å². The number of amides is 1. The summed E-state index contributed by atoms with van der Waals surface area (Å²) in [7, 11) is 0. The van der Waals surface area contributed by atoms with Gasteiger partial charge >= 0.3 is 0 Å². The normalized spacial score (nSPS) is 12.6. The van der Waals surface area contributed by atoms with Crippen molar-refractivity contribution >= 4 is 39.0 Å². The first kappa shape index (κ1) is 15.6. The van der Waals surface area contributed by atoms with E-state index >= 15 is 0 Å². The molecule has 0 radical (unpaired) electrons. The lowest BCUT2D eigenvalue weighted by molar-refractivity contribution is -0.384. The number of hydrogen-bond acceptors (Lipinski definition) is 3. The molecule has 6 nitrogen and oxygen atoms in total. The SMILES string of the molecule is O=C(Nc1ccc2c3c(cccc13)CC2)c1c[nH]c2ccc([N+](=O)[O-])cc12. The lowest BCUT2D eigenvalue weighted by Crippen LogP contribution is -2.11. The number of fused-ring (bicyclic) bond motifs is 1. The molecule has 27 heavy (non-hydrogen) atoms. The van der Waals surface area contributed by atoms with Crippen LogP contribution in [0.3, 0.4) is 0 Å². The molecule has 132 valence electrons. The molecule has 1 aliphatic rings. The van der Waals surface area contributed by atoms with E-state index in [9.17, 15) is 14.9 Å². The number of nitrogens with one attached hydrogen (secondary N) is 2. The van der Waals surface area contributed by atoms with Crippen LogP contribution in [0.5, 0.6) is 0 Å². The molecule has 0 aliphatic heterocycles. The number of non-ortho nitro benzene ring substituents is 1. The molecular weight excluding hydrogens is 342 g/mol. The summed E-state index contributed by atoms with van der Waals surface area (Å²) in [5.74, 6) is -0.291. The number of aromatic nitrogens is 1. The molecule has 2 N–H and O–H groups in total. The van der Waals surface area contributed by atoms with Crippen LogP contribution in [-0.4, -0.2) is 15.8 Å². The third kappa shape index (κ3) is 2.38. The fraction of sp³-hybridized carbons (Fsp3) is 0.0952. The number of aryl methyl sites for hydroxylation is 2. The molecule has 0 fully saturated rings. The number of nitro benzene ring substituents is 1. The highest BCUT2D eigenvalue weighted by Crippen LogP contribution is 2.35. The zero-order valence-corrected chi connectivity index (χ0v) is 14.3. The summed E-state index contributed by atoms with van der Waals surface area (Å²) in [4.78, 5) is 26.5. The Kier molecular flexibility index (Phi) is 3.27. The smallest absolute Gasteiger partial charge is 0.270 e. The highest BCUT2D eigenvalue weighted by molar-refractivity contribution is 6.16. The van der Waals surface area contributed by atoms with Gasteiger partial charge in [-0.3, -0.25) is 14.9 Å². The van der Waals surface area contributed by atoms with Gasteiger partial charge < -0.3 is 10.3 Å². The summed E-state index contributed by atoms with van der Waals surface area (Å²) in [6.45, 7) is 0. The Morgan fingerprint density at radius 3 is 2.67 bits per heavy atom. The molecular formula is C21H15N3O3. The quantitative estimate of drug-likeness (QED) is 0.415. The van der Waals surface area contributed by atoms with Gasteiger partial charge in [0.1, 0.15) is 0 Å². The van der Waals surface area contributed by atoms with Crippen LogP contribution in [0, 0.1) is 10.1 Å². The van der Waals surface area contributed by atoms with Crippen molar-refractivity contribution in [1.29, 1.82) is 0 Å². The van der Waals surface area contributed by atoms with E-state index in [-0.39, 0.29) is 11.6 Å². The monoisotopic (exact) mass is 357 g/mol. The molecule has 6 heteroatoms. The van der Waals surface area contributed by atoms with Gasteiger partial charge in [-0.1, -0.05) is 24.3 Å². The molecule has 1 amide bonds. The topological polar surface area (TPSA) is 88.0 Å². The van der Waals surface area contributed by atoms with E-state index in [0.717, 1.165) is 23.9 Å². The minimum absolute atomic E-state index is 0.0403. The van der Waals surface area contributed by atoms with E-state index in [4.69, 9.17) is 0 Å². The van der Waals surface area contributed by atoms with Crippen LogP contribution in [0.25, 0.3) is 21.7 Å². The minimum Gasteiger partial charge on any atom is -0.360 e. The van der Waals surface area contributed by atoms with Crippen LogP contribution in [0.2, 0.25) is 0 Å². The van der Waals surface area contributed by atoms with Gasteiger partial charge in [0.2, 0.25) is 0 Å². The highest BCUT2D eigenvalue weighted by Gasteiger charge is 2.19. The van der Waals surface area contributed by atoms with Gasteiger partial charge in [0, 0.05) is 40.3 Å². The van der Waals surface area contributed by atoms with Crippen molar-refractivity contribution in [3.05, 3.63) is 81.5 Å². The average molecular weight is 357 g/mol. The average Bonchev–Trinajstić information content (AvgIpc) is 3.28. The first-order valence-corrected chi connectivity index (χ1v) is 8.72. The Hall–Kier alpha value is -3.67. The van der Waals surface area contributed by atoms with Crippen molar-refractivity contribution in [3.8, 4) is 0 Å². The van der Waals surface area contributed by atoms with Crippen molar-refractivity contribution in [1.82, 2.24) is 4.98 Å². The summed E-state index contributed by atoms with van der Waals surface area (Å²) in [6.07, 6.45) is 3.64. The van der Waals surface area contributed by atoms with Crippen molar-refractivity contribution in [3.63, 3.8) is 0 Å². The molecule has 0 bridgehead atoms. The molecule has 0 spiro atoms. The second-order valence-electron chi connectivity index (χ2n) is 6.76. The van der Waals surface area contributed by atoms with Crippen molar-refractivity contribution in [2.45, 2.75) is 12.8 Å². The van der Waals surface area contributed by atoms with Gasteiger partial charge in [-0.2, -0.15) is 0 Å². The molecule has 0 unspecified atom stereocenters. The predicted octanol–water partition coefficient (Wildman–Crippen LogP) is 4.58. The van der Waals surface area contributed by atoms with Crippen LogP contribution in [0.15, 0.2) is 54.7 Å². The summed E-state index contributed by atoms with van der Waals surface area (Å²) in [6, 6.07) is 14.6. The Balaban J connectivity index is 1.57. The zero-order chi connectivity index (χ0) is 18.5. The second kappa shape index (κ2) is 5.67. The number of hydrogen-bond donors (Lipinski definition) is 2. The fourth-order valence-corrected chi connectivity index (χ4v) is 3.96. The number of nitrogens with zero attached hydrogens (tertiary/aromatic N) is 1. The Morgan fingerprint density at radius 1 is 1.04 bits per heavy atom. The molecule has 0 atom stereocenters. The van der Waals surface area contributed by atoms with Crippen molar-refractivity contribution in [2.24, 2.45) is 0 Å². The van der Waals surface area contributed by atoms with Gasteiger partial charge in [-0.05, 0) is 41.5 Å². The van der Waals surface area contributed by atoms with E-state index in [0.29, 0.717) is 16.5 Å². The van der Waals surface area contributed by atoms with Crippen molar-refractivity contribution < 1.29 is 9.72 Å². The Morgan fingerprint density at radius 2 is 1.85 bits per heavy atom. The predicted molar refractivity (Wildman–Crippen MR) is 104 cm³/mol. The lowest BCUT2D eigenvalue weighted by atomic mass is 10.0. The Labute approximate surface area is 154 Å². The largest absolute Gasteiger partial charge is 0.360 e. The third-order valence-corrected chi connectivity index (χ3v) is 5.25. The van der Waals surface area contributed by atoms with Crippen LogP contribution < -0.4 is 5.32 Å². The van der Waals surface area contributed by atoms with E-state index in [1.165, 1.54) is 28.6 Å². The molecule has 1 aliphatic carbocycles. The maximum Gasteiger partial charge on any atom is 0.270 e. The maximum atomic E-state index is 12.9. The number of H-pyrrole nitrogens is 1. The number of rotatable bonds is 3.